The molecule has 0 aromatic rings. The minimum Gasteiger partial charge on any atom is -0.263 e. The summed E-state index contributed by atoms with van der Waals surface area (Å²) in [5.41, 5.74) is -5.02. The van der Waals surface area contributed by atoms with Gasteiger partial charge in [-0.25, -0.2) is 0 Å². The van der Waals surface area contributed by atoms with Crippen molar-refractivity contribution in [3.8, 4) is 0 Å². The molecule has 11 heteroatoms. The molecule has 0 N–H and O–H groups in total. The lowest BCUT2D eigenvalue weighted by molar-refractivity contribution is -0.601. The highest BCUT2D eigenvalue weighted by Crippen LogP contribution is 2.45. The Labute approximate surface area is 107 Å². The monoisotopic (exact) mass is 306 g/mol. The van der Waals surface area contributed by atoms with Crippen LogP contribution in [0.1, 0.15) is 0 Å². The van der Waals surface area contributed by atoms with Gasteiger partial charge in [0.05, 0.1) is 4.92 Å². The molecule has 0 aliphatic heterocycles. The number of allylic oxidation sites excluding steroid dienone is 2. The van der Waals surface area contributed by atoms with E-state index in [0.717, 1.165) is 0 Å². The molecule has 0 saturated carbocycles. The first-order valence-corrected chi connectivity index (χ1v) is 4.95. The Morgan fingerprint density at radius 1 is 1.33 bits per heavy atom. The fourth-order valence-electron chi connectivity index (χ4n) is 1.37. The maximum Gasteiger partial charge on any atom is 0.466 e. The molecule has 1 rings (SSSR count). The van der Waals surface area contributed by atoms with Crippen molar-refractivity contribution in [1.29, 1.82) is 0 Å². The molecule has 0 aromatic heterocycles. The van der Waals surface area contributed by atoms with Gasteiger partial charge in [-0.3, -0.25) is 20.2 Å². The number of nitrogens with zero attached hydrogens (tertiary/aromatic N) is 2. The lowest BCUT2D eigenvalue weighted by Crippen LogP contribution is -2.59. The second-order valence-corrected chi connectivity index (χ2v) is 4.11. The van der Waals surface area contributed by atoms with E-state index in [1.165, 1.54) is 0 Å². The summed E-state index contributed by atoms with van der Waals surface area (Å²) < 4.78 is 38.4. The summed E-state index contributed by atoms with van der Waals surface area (Å²) in [4.78, 5) is 18.3. The first-order valence-electron chi connectivity index (χ1n) is 4.14. The van der Waals surface area contributed by atoms with Gasteiger partial charge in [-0.15, -0.1) is 11.6 Å². The third-order valence-corrected chi connectivity index (χ3v) is 3.17. The van der Waals surface area contributed by atoms with Crippen molar-refractivity contribution in [1.82, 2.24) is 0 Å². The van der Waals surface area contributed by atoms with Gasteiger partial charge in [0.2, 0.25) is 5.38 Å². The number of hydrogen-bond donors (Lipinski definition) is 0. The summed E-state index contributed by atoms with van der Waals surface area (Å²) in [6.07, 6.45) is -4.84. The maximum absolute atomic E-state index is 12.8. The minimum absolute atomic E-state index is 0.111. The van der Waals surface area contributed by atoms with Crippen molar-refractivity contribution < 1.29 is 23.0 Å². The van der Waals surface area contributed by atoms with Gasteiger partial charge in [0, 0.05) is 11.0 Å². The number of nitro groups is 2. The molecule has 0 saturated heterocycles. The van der Waals surface area contributed by atoms with Crippen LogP contribution in [0.3, 0.4) is 0 Å². The van der Waals surface area contributed by atoms with Gasteiger partial charge in [-0.05, 0) is 6.08 Å². The lowest BCUT2D eigenvalue weighted by atomic mass is 9.88. The summed E-state index contributed by atoms with van der Waals surface area (Å²) in [6.45, 7) is 0. The van der Waals surface area contributed by atoms with Crippen LogP contribution in [0.2, 0.25) is 0 Å². The van der Waals surface area contributed by atoms with Crippen LogP contribution in [0, 0.1) is 20.2 Å². The maximum atomic E-state index is 12.8. The summed E-state index contributed by atoms with van der Waals surface area (Å²) in [6, 6.07) is 0. The van der Waals surface area contributed by atoms with E-state index in [9.17, 15) is 33.4 Å². The van der Waals surface area contributed by atoms with Crippen LogP contribution in [-0.4, -0.2) is 26.9 Å². The molecule has 1 aliphatic rings. The molecular formula is C7H3Cl2F3N2O4. The zero-order chi connectivity index (χ0) is 14.3. The fraction of sp³-hybridized carbons (Fsp3) is 0.429. The predicted molar refractivity (Wildman–Crippen MR) is 54.4 cm³/mol. The molecule has 0 amide bonds. The molecule has 6 nitrogen and oxygen atoms in total. The van der Waals surface area contributed by atoms with Crippen molar-refractivity contribution >= 4 is 23.2 Å². The van der Waals surface area contributed by atoms with Crippen LogP contribution in [0.4, 0.5) is 13.2 Å². The summed E-state index contributed by atoms with van der Waals surface area (Å²) in [5, 5.41) is 18.0. The van der Waals surface area contributed by atoms with Crippen LogP contribution in [-0.2, 0) is 0 Å². The van der Waals surface area contributed by atoms with Crippen LogP contribution in [0.15, 0.2) is 22.9 Å². The van der Waals surface area contributed by atoms with Crippen LogP contribution >= 0.6 is 23.2 Å². The Balaban J connectivity index is 3.50. The second kappa shape index (κ2) is 4.39. The summed E-state index contributed by atoms with van der Waals surface area (Å²) in [7, 11) is 0. The van der Waals surface area contributed by atoms with E-state index in [4.69, 9.17) is 23.2 Å². The Kier molecular flexibility index (Phi) is 3.59. The Bertz CT molecular complexity index is 476. The first-order chi connectivity index (χ1) is 8.05. The number of rotatable bonds is 2. The van der Waals surface area contributed by atoms with Gasteiger partial charge >= 0.3 is 11.7 Å². The highest BCUT2D eigenvalue weighted by atomic mass is 35.5. The van der Waals surface area contributed by atoms with Gasteiger partial charge in [0.25, 0.3) is 5.70 Å². The van der Waals surface area contributed by atoms with E-state index in [1.54, 1.807) is 0 Å². The SMILES string of the molecule is O=[N+]([O-])C1=C(Cl)C=CC([N+](=O)[O-])(C(F)(F)F)C1Cl. The summed E-state index contributed by atoms with van der Waals surface area (Å²) >= 11 is 10.6. The lowest BCUT2D eigenvalue weighted by Gasteiger charge is -2.29. The van der Waals surface area contributed by atoms with Gasteiger partial charge in [0.15, 0.2) is 0 Å². The van der Waals surface area contributed by atoms with Crippen LogP contribution in [0.25, 0.3) is 0 Å². The molecule has 18 heavy (non-hydrogen) atoms. The van der Waals surface area contributed by atoms with E-state index < -0.39 is 37.7 Å². The third kappa shape index (κ3) is 1.93. The van der Waals surface area contributed by atoms with Crippen molar-refractivity contribution in [3.05, 3.63) is 43.1 Å². The van der Waals surface area contributed by atoms with E-state index >= 15 is 0 Å². The number of hydrogen-bond acceptors (Lipinski definition) is 4. The Hall–Kier alpha value is -1.35. The molecule has 2 unspecified atom stereocenters. The van der Waals surface area contributed by atoms with Crippen molar-refractivity contribution in [2.24, 2.45) is 0 Å². The van der Waals surface area contributed by atoms with Gasteiger partial charge in [0.1, 0.15) is 5.03 Å². The quantitative estimate of drug-likeness (QED) is 0.445. The zero-order valence-corrected chi connectivity index (χ0v) is 9.66. The second-order valence-electron chi connectivity index (χ2n) is 3.27. The highest BCUT2D eigenvalue weighted by Gasteiger charge is 2.73. The third-order valence-electron chi connectivity index (χ3n) is 2.31. The van der Waals surface area contributed by atoms with Gasteiger partial charge in [-0.1, -0.05) is 11.6 Å². The van der Waals surface area contributed by atoms with E-state index in [1.807, 2.05) is 0 Å². The van der Waals surface area contributed by atoms with Crippen molar-refractivity contribution in [2.75, 3.05) is 0 Å². The van der Waals surface area contributed by atoms with Crippen molar-refractivity contribution in [3.63, 3.8) is 0 Å². The topological polar surface area (TPSA) is 86.3 Å². The smallest absolute Gasteiger partial charge is 0.263 e. The highest BCUT2D eigenvalue weighted by molar-refractivity contribution is 6.33. The molecule has 1 aliphatic carbocycles. The van der Waals surface area contributed by atoms with Crippen LogP contribution < -0.4 is 0 Å². The fourth-order valence-corrected chi connectivity index (χ4v) is 2.14. The van der Waals surface area contributed by atoms with Gasteiger partial charge in [-0.2, -0.15) is 13.2 Å². The summed E-state index contributed by atoms with van der Waals surface area (Å²) in [5.74, 6) is 0. The van der Waals surface area contributed by atoms with Crippen LogP contribution in [0.5, 0.6) is 0 Å². The first kappa shape index (κ1) is 14.7. The Morgan fingerprint density at radius 2 is 1.83 bits per heavy atom. The molecule has 0 heterocycles. The largest absolute Gasteiger partial charge is 0.466 e. The molecule has 0 fully saturated rings. The molecule has 2 atom stereocenters. The Morgan fingerprint density at radius 3 is 2.17 bits per heavy atom. The molecule has 0 aromatic carbocycles. The number of halogens is 5. The zero-order valence-electron chi connectivity index (χ0n) is 8.15. The average molecular weight is 307 g/mol. The van der Waals surface area contributed by atoms with E-state index in [0.29, 0.717) is 6.08 Å². The molecule has 0 bridgehead atoms. The van der Waals surface area contributed by atoms with Crippen molar-refractivity contribution in [2.45, 2.75) is 17.1 Å². The molecule has 0 spiro atoms. The number of alkyl halides is 4. The average Bonchev–Trinajstić information content (AvgIpc) is 2.14. The minimum atomic E-state index is -5.40. The van der Waals surface area contributed by atoms with Gasteiger partial charge < -0.3 is 0 Å². The molecule has 100 valence electrons. The predicted octanol–water partition coefficient (Wildman–Crippen LogP) is 2.47. The van der Waals surface area contributed by atoms with E-state index in [-0.39, 0.29) is 6.08 Å². The standard InChI is InChI=1S/C7H3Cl2F3N2O4/c8-3-1-2-6(14(17)18,7(10,11)12)5(9)4(3)13(15)16/h1-2,5H. The van der Waals surface area contributed by atoms with E-state index in [2.05, 4.69) is 0 Å². The normalized spacial score (nSPS) is 28.4. The molecule has 0 radical (unpaired) electrons. The molecular weight excluding hydrogens is 304 g/mol.